The van der Waals surface area contributed by atoms with E-state index in [1.807, 2.05) is 0 Å². The van der Waals surface area contributed by atoms with Gasteiger partial charge in [0, 0.05) is 13.1 Å². The molecule has 0 saturated carbocycles. The maximum absolute atomic E-state index is 12.7. The molecule has 0 aliphatic carbocycles. The third-order valence-electron chi connectivity index (χ3n) is 4.43. The van der Waals surface area contributed by atoms with Crippen LogP contribution in [0.5, 0.6) is 11.5 Å². The number of nitrogens with two attached hydrogens (primary N) is 1. The number of ether oxygens (including phenoxy) is 2. The number of halogens is 2. The average molecular weight is 459 g/mol. The molecule has 0 spiro atoms. The van der Waals surface area contributed by atoms with Crippen LogP contribution >= 0.6 is 23.2 Å². The van der Waals surface area contributed by atoms with Gasteiger partial charge in [-0.05, 0) is 43.2 Å². The number of benzene rings is 2. The third-order valence-corrected chi connectivity index (χ3v) is 6.92. The molecule has 1 aliphatic heterocycles. The van der Waals surface area contributed by atoms with Gasteiger partial charge in [-0.2, -0.15) is 4.31 Å². The predicted octanol–water partition coefficient (Wildman–Crippen LogP) is 3.33. The lowest BCUT2D eigenvalue weighted by Gasteiger charge is -2.17. The zero-order valence-electron chi connectivity index (χ0n) is 15.4. The van der Waals surface area contributed by atoms with Crippen molar-refractivity contribution in [3.05, 3.63) is 52.0 Å². The summed E-state index contributed by atoms with van der Waals surface area (Å²) < 4.78 is 37.9. The Morgan fingerprint density at radius 1 is 1.03 bits per heavy atom. The van der Waals surface area contributed by atoms with Crippen LogP contribution in [0.15, 0.2) is 41.3 Å². The summed E-state index contributed by atoms with van der Waals surface area (Å²) in [4.78, 5) is 11.8. The Balaban J connectivity index is 1.70. The number of hydrogen-bond acceptors (Lipinski definition) is 5. The zero-order chi connectivity index (χ0) is 21.0. The quantitative estimate of drug-likeness (QED) is 0.611. The fourth-order valence-electron chi connectivity index (χ4n) is 2.98. The Morgan fingerprint density at radius 2 is 1.66 bits per heavy atom. The van der Waals surface area contributed by atoms with Gasteiger partial charge in [0.1, 0.15) is 19.0 Å². The molecule has 3 rings (SSSR count). The van der Waals surface area contributed by atoms with Crippen LogP contribution in [0.3, 0.4) is 0 Å². The number of rotatable bonds is 8. The summed E-state index contributed by atoms with van der Waals surface area (Å²) in [6, 6.07) is 9.07. The van der Waals surface area contributed by atoms with Gasteiger partial charge in [-0.25, -0.2) is 8.42 Å². The Labute approximate surface area is 179 Å². The number of para-hydroxylation sites is 1. The van der Waals surface area contributed by atoms with Gasteiger partial charge < -0.3 is 15.2 Å². The van der Waals surface area contributed by atoms with E-state index in [0.717, 1.165) is 12.8 Å². The highest BCUT2D eigenvalue weighted by molar-refractivity contribution is 7.89. The molecule has 1 heterocycles. The molecule has 0 bridgehead atoms. The van der Waals surface area contributed by atoms with Crippen LogP contribution in [0.4, 0.5) is 0 Å². The minimum Gasteiger partial charge on any atom is -0.489 e. The highest BCUT2D eigenvalue weighted by Gasteiger charge is 2.28. The lowest BCUT2D eigenvalue weighted by Crippen LogP contribution is -2.28. The van der Waals surface area contributed by atoms with Crippen LogP contribution in [0.2, 0.25) is 10.0 Å². The van der Waals surface area contributed by atoms with Crippen molar-refractivity contribution in [1.29, 1.82) is 0 Å². The Bertz CT molecular complexity index is 987. The number of hydrogen-bond donors (Lipinski definition) is 1. The van der Waals surface area contributed by atoms with Crippen molar-refractivity contribution in [2.45, 2.75) is 17.7 Å². The Hall–Kier alpha value is -2.00. The number of carbonyl (C=O) groups is 1. The van der Waals surface area contributed by atoms with Crippen molar-refractivity contribution < 1.29 is 22.7 Å². The molecule has 0 unspecified atom stereocenters. The molecule has 10 heteroatoms. The average Bonchev–Trinajstić information content (AvgIpc) is 3.22. The fraction of sp³-hybridized carbons (Fsp3) is 0.316. The molecule has 7 nitrogen and oxygen atoms in total. The van der Waals surface area contributed by atoms with E-state index < -0.39 is 15.9 Å². The van der Waals surface area contributed by atoms with Crippen molar-refractivity contribution in [2.24, 2.45) is 5.73 Å². The van der Waals surface area contributed by atoms with Gasteiger partial charge in [-0.3, -0.25) is 4.79 Å². The Kier molecular flexibility index (Phi) is 6.89. The maximum atomic E-state index is 12.7. The van der Waals surface area contributed by atoms with E-state index in [2.05, 4.69) is 0 Å². The topological polar surface area (TPSA) is 98.9 Å². The molecular formula is C19H20Cl2N2O5S. The van der Waals surface area contributed by atoms with Crippen molar-refractivity contribution in [3.63, 3.8) is 0 Å². The molecule has 0 atom stereocenters. The summed E-state index contributed by atoms with van der Waals surface area (Å²) in [6.45, 7) is 1.11. The van der Waals surface area contributed by atoms with Crippen molar-refractivity contribution in [2.75, 3.05) is 26.3 Å². The first kappa shape index (κ1) is 21.7. The minimum atomic E-state index is -3.67. The van der Waals surface area contributed by atoms with Gasteiger partial charge in [0.25, 0.3) is 5.91 Å². The maximum Gasteiger partial charge on any atom is 0.252 e. The monoisotopic (exact) mass is 458 g/mol. The summed E-state index contributed by atoms with van der Waals surface area (Å²) in [7, 11) is -3.67. The molecular weight excluding hydrogens is 439 g/mol. The predicted molar refractivity (Wildman–Crippen MR) is 110 cm³/mol. The van der Waals surface area contributed by atoms with Crippen LogP contribution in [-0.2, 0) is 10.0 Å². The third kappa shape index (κ3) is 4.95. The van der Waals surface area contributed by atoms with Gasteiger partial charge in [0.05, 0.1) is 20.5 Å². The Morgan fingerprint density at radius 3 is 2.28 bits per heavy atom. The lowest BCUT2D eigenvalue weighted by molar-refractivity contribution is 0.0995. The van der Waals surface area contributed by atoms with Crippen molar-refractivity contribution in [3.8, 4) is 11.5 Å². The number of primary amides is 1. The van der Waals surface area contributed by atoms with Gasteiger partial charge >= 0.3 is 0 Å². The first-order valence-corrected chi connectivity index (χ1v) is 11.1. The van der Waals surface area contributed by atoms with E-state index >= 15 is 0 Å². The fourth-order valence-corrected chi connectivity index (χ4v) is 5.03. The summed E-state index contributed by atoms with van der Waals surface area (Å²) in [5.74, 6) is -0.276. The molecule has 0 radical (unpaired) electrons. The second-order valence-corrected chi connectivity index (χ2v) is 9.13. The van der Waals surface area contributed by atoms with E-state index in [-0.39, 0.29) is 29.4 Å². The van der Waals surface area contributed by atoms with Crippen LogP contribution in [0.25, 0.3) is 0 Å². The van der Waals surface area contributed by atoms with Crippen LogP contribution in [0, 0.1) is 0 Å². The number of carbonyl (C=O) groups excluding carboxylic acids is 1. The first-order valence-electron chi connectivity index (χ1n) is 8.94. The molecule has 156 valence electrons. The van der Waals surface area contributed by atoms with E-state index in [0.29, 0.717) is 28.9 Å². The zero-order valence-corrected chi connectivity index (χ0v) is 17.8. The molecule has 2 N–H and O–H groups in total. The molecule has 0 aromatic heterocycles. The van der Waals surface area contributed by atoms with E-state index in [4.69, 9.17) is 38.4 Å². The standard InChI is InChI=1S/C19H20Cl2N2O5S/c20-15-4-3-5-16(21)18(15)28-11-10-27-17-7-6-13(12-14(17)19(22)24)29(25,26)23-8-1-2-9-23/h3-7,12H,1-2,8-11H2,(H2,22,24). The summed E-state index contributed by atoms with van der Waals surface area (Å²) in [6.07, 6.45) is 1.64. The molecule has 1 fully saturated rings. The molecule has 2 aromatic carbocycles. The smallest absolute Gasteiger partial charge is 0.252 e. The van der Waals surface area contributed by atoms with Gasteiger partial charge in [-0.15, -0.1) is 0 Å². The number of sulfonamides is 1. The summed E-state index contributed by atoms with van der Waals surface area (Å²) >= 11 is 12.1. The van der Waals surface area contributed by atoms with E-state index in [1.165, 1.54) is 22.5 Å². The first-order chi connectivity index (χ1) is 13.8. The second-order valence-electron chi connectivity index (χ2n) is 6.38. The molecule has 29 heavy (non-hydrogen) atoms. The van der Waals surface area contributed by atoms with Crippen molar-refractivity contribution >= 4 is 39.1 Å². The van der Waals surface area contributed by atoms with Crippen LogP contribution < -0.4 is 15.2 Å². The minimum absolute atomic E-state index is 0.0129. The molecule has 1 amide bonds. The molecule has 2 aromatic rings. The SMILES string of the molecule is NC(=O)c1cc(S(=O)(=O)N2CCCC2)ccc1OCCOc1c(Cl)cccc1Cl. The highest BCUT2D eigenvalue weighted by atomic mass is 35.5. The summed E-state index contributed by atoms with van der Waals surface area (Å²) in [5.41, 5.74) is 5.41. The van der Waals surface area contributed by atoms with Crippen LogP contribution in [-0.4, -0.2) is 44.9 Å². The van der Waals surface area contributed by atoms with E-state index in [9.17, 15) is 13.2 Å². The largest absolute Gasteiger partial charge is 0.489 e. The van der Waals surface area contributed by atoms with Crippen molar-refractivity contribution in [1.82, 2.24) is 4.31 Å². The lowest BCUT2D eigenvalue weighted by atomic mass is 10.2. The molecule has 1 aliphatic rings. The van der Waals surface area contributed by atoms with E-state index in [1.54, 1.807) is 18.2 Å². The van der Waals surface area contributed by atoms with Gasteiger partial charge in [0.2, 0.25) is 10.0 Å². The highest BCUT2D eigenvalue weighted by Crippen LogP contribution is 2.32. The number of amides is 1. The normalized spacial score (nSPS) is 14.7. The van der Waals surface area contributed by atoms with Gasteiger partial charge in [-0.1, -0.05) is 29.3 Å². The second kappa shape index (κ2) is 9.21. The summed E-state index contributed by atoms with van der Waals surface area (Å²) in [5, 5.41) is 0.735. The van der Waals surface area contributed by atoms with Crippen LogP contribution in [0.1, 0.15) is 23.2 Å². The molecule has 1 saturated heterocycles. The number of nitrogens with zero attached hydrogens (tertiary/aromatic N) is 1. The van der Waals surface area contributed by atoms with Gasteiger partial charge in [0.15, 0.2) is 5.75 Å².